The minimum Gasteiger partial charge on any atom is -0.366 e. The lowest BCUT2D eigenvalue weighted by molar-refractivity contribution is -0.133. The SMILES string of the molecule is CCN(C(=O)Cc1ccc(C(N)=O)cc1)C1CCNCC1. The number of nitrogens with one attached hydrogen (secondary N) is 1. The van der Waals surface area contributed by atoms with Gasteiger partial charge in [-0.1, -0.05) is 12.1 Å². The Morgan fingerprint density at radius 1 is 1.24 bits per heavy atom. The molecule has 0 bridgehead atoms. The summed E-state index contributed by atoms with van der Waals surface area (Å²) in [5.41, 5.74) is 6.60. The van der Waals surface area contributed by atoms with Crippen LogP contribution in [0.4, 0.5) is 0 Å². The van der Waals surface area contributed by atoms with Crippen LogP contribution >= 0.6 is 0 Å². The van der Waals surface area contributed by atoms with Gasteiger partial charge in [-0.15, -0.1) is 0 Å². The standard InChI is InChI=1S/C16H23N3O2/c1-2-19(14-7-9-18-10-8-14)15(20)11-12-3-5-13(6-4-12)16(17)21/h3-6,14,18H,2,7-11H2,1H3,(H2,17,21). The minimum atomic E-state index is -0.447. The van der Waals surface area contributed by atoms with E-state index >= 15 is 0 Å². The van der Waals surface area contributed by atoms with Crippen LogP contribution < -0.4 is 11.1 Å². The predicted octanol–water partition coefficient (Wildman–Crippen LogP) is 0.928. The average molecular weight is 289 g/mol. The van der Waals surface area contributed by atoms with Gasteiger partial charge < -0.3 is 16.0 Å². The van der Waals surface area contributed by atoms with Crippen molar-refractivity contribution in [1.29, 1.82) is 0 Å². The zero-order valence-corrected chi connectivity index (χ0v) is 12.5. The van der Waals surface area contributed by atoms with Crippen molar-refractivity contribution in [3.8, 4) is 0 Å². The summed E-state index contributed by atoms with van der Waals surface area (Å²) < 4.78 is 0. The second-order valence-corrected chi connectivity index (χ2v) is 5.40. The molecule has 1 heterocycles. The Balaban J connectivity index is 1.99. The van der Waals surface area contributed by atoms with Gasteiger partial charge in [-0.05, 0) is 50.6 Å². The molecular formula is C16H23N3O2. The second-order valence-electron chi connectivity index (χ2n) is 5.40. The molecule has 0 aliphatic carbocycles. The van der Waals surface area contributed by atoms with Crippen LogP contribution in [-0.2, 0) is 11.2 Å². The molecule has 1 aromatic carbocycles. The van der Waals surface area contributed by atoms with Crippen LogP contribution in [0.5, 0.6) is 0 Å². The summed E-state index contributed by atoms with van der Waals surface area (Å²) in [6, 6.07) is 7.29. The van der Waals surface area contributed by atoms with Crippen LogP contribution in [0.2, 0.25) is 0 Å². The fourth-order valence-corrected chi connectivity index (χ4v) is 2.82. The molecule has 1 aliphatic rings. The molecule has 1 fully saturated rings. The van der Waals surface area contributed by atoms with Crippen LogP contribution in [0.25, 0.3) is 0 Å². The van der Waals surface area contributed by atoms with Gasteiger partial charge in [0, 0.05) is 18.2 Å². The molecule has 0 aromatic heterocycles. The van der Waals surface area contributed by atoms with E-state index in [4.69, 9.17) is 5.73 Å². The van der Waals surface area contributed by atoms with Crippen LogP contribution in [0.3, 0.4) is 0 Å². The molecule has 0 atom stereocenters. The van der Waals surface area contributed by atoms with E-state index in [0.717, 1.165) is 38.0 Å². The third-order valence-electron chi connectivity index (χ3n) is 4.00. The summed E-state index contributed by atoms with van der Waals surface area (Å²) in [5, 5.41) is 3.32. The quantitative estimate of drug-likeness (QED) is 0.846. The molecule has 0 unspecified atom stereocenters. The van der Waals surface area contributed by atoms with Gasteiger partial charge in [-0.2, -0.15) is 0 Å². The zero-order valence-electron chi connectivity index (χ0n) is 12.5. The Labute approximate surface area is 125 Å². The Hall–Kier alpha value is -1.88. The average Bonchev–Trinajstić information content (AvgIpc) is 2.49. The third-order valence-corrected chi connectivity index (χ3v) is 4.00. The number of carbonyl (C=O) groups is 2. The summed E-state index contributed by atoms with van der Waals surface area (Å²) in [5.74, 6) is -0.297. The van der Waals surface area contributed by atoms with Gasteiger partial charge in [0.05, 0.1) is 6.42 Å². The molecule has 2 amide bonds. The summed E-state index contributed by atoms with van der Waals surface area (Å²) in [4.78, 5) is 25.5. The highest BCUT2D eigenvalue weighted by atomic mass is 16.2. The van der Waals surface area contributed by atoms with Crippen molar-refractivity contribution in [1.82, 2.24) is 10.2 Å². The fourth-order valence-electron chi connectivity index (χ4n) is 2.82. The summed E-state index contributed by atoms with van der Waals surface area (Å²) in [7, 11) is 0. The summed E-state index contributed by atoms with van der Waals surface area (Å²) in [6.07, 6.45) is 2.40. The van der Waals surface area contributed by atoms with Gasteiger partial charge in [0.2, 0.25) is 11.8 Å². The van der Waals surface area contributed by atoms with Crippen molar-refractivity contribution in [2.75, 3.05) is 19.6 Å². The molecule has 1 aliphatic heterocycles. The number of rotatable bonds is 5. The minimum absolute atomic E-state index is 0.149. The highest BCUT2D eigenvalue weighted by Gasteiger charge is 2.23. The first kappa shape index (κ1) is 15.5. The first-order chi connectivity index (χ1) is 10.1. The molecule has 1 saturated heterocycles. The number of benzene rings is 1. The van der Waals surface area contributed by atoms with E-state index < -0.39 is 5.91 Å². The van der Waals surface area contributed by atoms with Crippen LogP contribution in [0, 0.1) is 0 Å². The van der Waals surface area contributed by atoms with Crippen molar-refractivity contribution >= 4 is 11.8 Å². The van der Waals surface area contributed by atoms with E-state index in [1.807, 2.05) is 11.8 Å². The zero-order chi connectivity index (χ0) is 15.2. The molecule has 114 valence electrons. The smallest absolute Gasteiger partial charge is 0.248 e. The van der Waals surface area contributed by atoms with Gasteiger partial charge in [-0.25, -0.2) is 0 Å². The maximum absolute atomic E-state index is 12.5. The Kier molecular flexibility index (Phi) is 5.33. The number of amides is 2. The summed E-state index contributed by atoms with van der Waals surface area (Å²) in [6.45, 7) is 4.71. The second kappa shape index (κ2) is 7.22. The Morgan fingerprint density at radius 2 is 1.86 bits per heavy atom. The molecule has 2 rings (SSSR count). The van der Waals surface area contributed by atoms with Crippen molar-refractivity contribution in [3.63, 3.8) is 0 Å². The number of primary amides is 1. The van der Waals surface area contributed by atoms with E-state index in [2.05, 4.69) is 5.32 Å². The lowest BCUT2D eigenvalue weighted by Gasteiger charge is -2.34. The van der Waals surface area contributed by atoms with Crippen molar-refractivity contribution in [2.45, 2.75) is 32.2 Å². The highest BCUT2D eigenvalue weighted by Crippen LogP contribution is 2.14. The molecule has 0 radical (unpaired) electrons. The molecule has 3 N–H and O–H groups in total. The largest absolute Gasteiger partial charge is 0.366 e. The number of likely N-dealkylation sites (N-methyl/N-ethyl adjacent to an activating group) is 1. The number of nitrogens with two attached hydrogens (primary N) is 1. The maximum Gasteiger partial charge on any atom is 0.248 e. The predicted molar refractivity (Wildman–Crippen MR) is 81.9 cm³/mol. The summed E-state index contributed by atoms with van der Waals surface area (Å²) >= 11 is 0. The van der Waals surface area contributed by atoms with E-state index in [0.29, 0.717) is 18.0 Å². The van der Waals surface area contributed by atoms with Crippen LogP contribution in [0.15, 0.2) is 24.3 Å². The molecule has 1 aromatic rings. The number of piperidine rings is 1. The molecule has 5 nitrogen and oxygen atoms in total. The maximum atomic E-state index is 12.5. The fraction of sp³-hybridized carbons (Fsp3) is 0.500. The molecular weight excluding hydrogens is 266 g/mol. The van der Waals surface area contributed by atoms with E-state index in [-0.39, 0.29) is 5.91 Å². The monoisotopic (exact) mass is 289 g/mol. The number of carbonyl (C=O) groups excluding carboxylic acids is 2. The first-order valence-corrected chi connectivity index (χ1v) is 7.50. The van der Waals surface area contributed by atoms with Crippen molar-refractivity contribution in [2.24, 2.45) is 5.73 Å². The van der Waals surface area contributed by atoms with Gasteiger partial charge in [0.15, 0.2) is 0 Å². The Bertz CT molecular complexity index is 493. The van der Waals surface area contributed by atoms with Crippen molar-refractivity contribution < 1.29 is 9.59 Å². The van der Waals surface area contributed by atoms with Gasteiger partial charge >= 0.3 is 0 Å². The normalized spacial score (nSPS) is 15.7. The van der Waals surface area contributed by atoms with E-state index in [9.17, 15) is 9.59 Å². The van der Waals surface area contributed by atoms with Crippen molar-refractivity contribution in [3.05, 3.63) is 35.4 Å². The van der Waals surface area contributed by atoms with E-state index in [1.165, 1.54) is 0 Å². The number of hydrogen-bond donors (Lipinski definition) is 2. The lowest BCUT2D eigenvalue weighted by atomic mass is 10.0. The molecule has 21 heavy (non-hydrogen) atoms. The van der Waals surface area contributed by atoms with Crippen LogP contribution in [-0.4, -0.2) is 42.4 Å². The van der Waals surface area contributed by atoms with Gasteiger partial charge in [0.1, 0.15) is 0 Å². The molecule has 0 spiro atoms. The van der Waals surface area contributed by atoms with Gasteiger partial charge in [-0.3, -0.25) is 9.59 Å². The molecule has 5 heteroatoms. The van der Waals surface area contributed by atoms with Crippen LogP contribution in [0.1, 0.15) is 35.7 Å². The number of hydrogen-bond acceptors (Lipinski definition) is 3. The third kappa shape index (κ3) is 4.04. The first-order valence-electron chi connectivity index (χ1n) is 7.50. The topological polar surface area (TPSA) is 75.4 Å². The van der Waals surface area contributed by atoms with Gasteiger partial charge in [0.25, 0.3) is 0 Å². The number of nitrogens with zero attached hydrogens (tertiary/aromatic N) is 1. The Morgan fingerprint density at radius 3 is 2.38 bits per heavy atom. The molecule has 0 saturated carbocycles. The van der Waals surface area contributed by atoms with E-state index in [1.54, 1.807) is 24.3 Å². The highest BCUT2D eigenvalue weighted by molar-refractivity contribution is 5.92. The lowest BCUT2D eigenvalue weighted by Crippen LogP contribution is -2.46.